The van der Waals surface area contributed by atoms with Crippen LogP contribution in [0.4, 0.5) is 5.69 Å². The second-order valence-corrected chi connectivity index (χ2v) is 10.2. The average molecular weight is 468 g/mol. The number of ether oxygens (including phenoxy) is 1. The normalized spacial score (nSPS) is 14.4. The van der Waals surface area contributed by atoms with Gasteiger partial charge in [-0.1, -0.05) is 29.8 Å². The van der Waals surface area contributed by atoms with Crippen molar-refractivity contribution in [1.82, 2.24) is 5.43 Å². The van der Waals surface area contributed by atoms with Crippen molar-refractivity contribution in [2.75, 3.05) is 28.6 Å². The lowest BCUT2D eigenvalue weighted by atomic mass is 10.2. The van der Waals surface area contributed by atoms with Gasteiger partial charge in [-0.25, -0.2) is 13.8 Å². The van der Waals surface area contributed by atoms with Gasteiger partial charge in [0.05, 0.1) is 18.2 Å². The molecule has 0 aliphatic carbocycles. The first-order valence-corrected chi connectivity index (χ1v) is 12.5. The number of hydrogen-bond acceptors (Lipinski definition) is 6. The molecule has 0 atom stereocenters. The van der Waals surface area contributed by atoms with Crippen LogP contribution in [0, 0.1) is 6.92 Å². The molecule has 2 aromatic rings. The SMILES string of the molecule is Cc1c(Cl)cccc1N(CC(=O)N/N=C\c1cccc(OC2CSC2)c1)S(C)(=O)=O. The molecule has 1 N–H and O–H groups in total. The lowest BCUT2D eigenvalue weighted by molar-refractivity contribution is -0.119. The molecule has 0 spiro atoms. The highest BCUT2D eigenvalue weighted by Crippen LogP contribution is 2.28. The summed E-state index contributed by atoms with van der Waals surface area (Å²) in [7, 11) is -3.70. The number of nitrogens with zero attached hydrogens (tertiary/aromatic N) is 2. The third-order valence-electron chi connectivity index (χ3n) is 4.37. The number of amides is 1. The van der Waals surface area contributed by atoms with Crippen LogP contribution in [-0.2, 0) is 14.8 Å². The Labute approximate surface area is 185 Å². The summed E-state index contributed by atoms with van der Waals surface area (Å²) in [6.45, 7) is 1.28. The third kappa shape index (κ3) is 5.90. The van der Waals surface area contributed by atoms with Gasteiger partial charge in [-0.05, 0) is 42.3 Å². The van der Waals surface area contributed by atoms with E-state index in [-0.39, 0.29) is 6.10 Å². The summed E-state index contributed by atoms with van der Waals surface area (Å²) in [4.78, 5) is 12.3. The van der Waals surface area contributed by atoms with E-state index in [0.717, 1.165) is 33.4 Å². The topological polar surface area (TPSA) is 88.1 Å². The first kappa shape index (κ1) is 22.5. The maximum absolute atomic E-state index is 12.3. The Morgan fingerprint density at radius 2 is 2.07 bits per heavy atom. The van der Waals surface area contributed by atoms with Crippen LogP contribution < -0.4 is 14.5 Å². The van der Waals surface area contributed by atoms with Crippen LogP contribution in [0.3, 0.4) is 0 Å². The van der Waals surface area contributed by atoms with Crippen molar-refractivity contribution in [2.45, 2.75) is 13.0 Å². The molecule has 7 nitrogen and oxygen atoms in total. The molecule has 2 aromatic carbocycles. The number of nitrogens with one attached hydrogen (secondary N) is 1. The molecule has 1 heterocycles. The van der Waals surface area contributed by atoms with Crippen LogP contribution in [0.15, 0.2) is 47.6 Å². The van der Waals surface area contributed by atoms with Gasteiger partial charge in [-0.15, -0.1) is 0 Å². The molecule has 3 rings (SSSR count). The molecule has 0 saturated carbocycles. The smallest absolute Gasteiger partial charge is 0.260 e. The molecule has 1 amide bonds. The molecule has 30 heavy (non-hydrogen) atoms. The minimum atomic E-state index is -3.70. The number of hydrazone groups is 1. The monoisotopic (exact) mass is 467 g/mol. The Bertz CT molecular complexity index is 1060. The van der Waals surface area contributed by atoms with Gasteiger partial charge >= 0.3 is 0 Å². The maximum Gasteiger partial charge on any atom is 0.260 e. The number of carbonyl (C=O) groups is 1. The first-order valence-electron chi connectivity index (χ1n) is 9.13. The Morgan fingerprint density at radius 3 is 2.73 bits per heavy atom. The molecule has 0 radical (unpaired) electrons. The van der Waals surface area contributed by atoms with Crippen LogP contribution >= 0.6 is 23.4 Å². The minimum absolute atomic E-state index is 0.235. The van der Waals surface area contributed by atoms with Crippen molar-refractivity contribution in [2.24, 2.45) is 5.10 Å². The molecule has 160 valence electrons. The van der Waals surface area contributed by atoms with Crippen molar-refractivity contribution < 1.29 is 17.9 Å². The number of halogens is 1. The van der Waals surface area contributed by atoms with E-state index in [9.17, 15) is 13.2 Å². The number of carbonyl (C=O) groups excluding carboxylic acids is 1. The number of hydrogen-bond donors (Lipinski definition) is 1. The lowest BCUT2D eigenvalue weighted by Crippen LogP contribution is -2.39. The van der Waals surface area contributed by atoms with Crippen molar-refractivity contribution >= 4 is 51.2 Å². The predicted octanol–water partition coefficient (Wildman–Crippen LogP) is 3.06. The number of sulfonamides is 1. The van der Waals surface area contributed by atoms with Gasteiger partial charge in [0.2, 0.25) is 10.0 Å². The highest BCUT2D eigenvalue weighted by atomic mass is 35.5. The number of benzene rings is 2. The molecular weight excluding hydrogens is 446 g/mol. The first-order chi connectivity index (χ1) is 14.2. The molecular formula is C20H22ClN3O4S2. The van der Waals surface area contributed by atoms with E-state index in [1.807, 2.05) is 36.0 Å². The van der Waals surface area contributed by atoms with Gasteiger partial charge in [-0.2, -0.15) is 16.9 Å². The Kier molecular flexibility index (Phi) is 7.27. The molecule has 10 heteroatoms. The van der Waals surface area contributed by atoms with E-state index in [1.54, 1.807) is 25.1 Å². The summed E-state index contributed by atoms with van der Waals surface area (Å²) in [5.74, 6) is 2.14. The van der Waals surface area contributed by atoms with Crippen LogP contribution in [0.1, 0.15) is 11.1 Å². The van der Waals surface area contributed by atoms with Gasteiger partial charge in [0, 0.05) is 16.5 Å². The fourth-order valence-electron chi connectivity index (χ4n) is 2.73. The van der Waals surface area contributed by atoms with E-state index in [4.69, 9.17) is 16.3 Å². The quantitative estimate of drug-likeness (QED) is 0.476. The number of anilines is 1. The number of thioether (sulfide) groups is 1. The van der Waals surface area contributed by atoms with Gasteiger partial charge < -0.3 is 4.74 Å². The summed E-state index contributed by atoms with van der Waals surface area (Å²) in [5, 5.41) is 4.35. The average Bonchev–Trinajstić information content (AvgIpc) is 2.65. The Hall–Kier alpha value is -2.23. The van der Waals surface area contributed by atoms with E-state index in [1.165, 1.54) is 6.21 Å². The van der Waals surface area contributed by atoms with Crippen molar-refractivity contribution in [1.29, 1.82) is 0 Å². The van der Waals surface area contributed by atoms with Crippen LogP contribution in [-0.4, -0.2) is 50.9 Å². The van der Waals surface area contributed by atoms with Gasteiger partial charge in [0.15, 0.2) is 0 Å². The summed E-state index contributed by atoms with van der Waals surface area (Å²) < 4.78 is 31.3. The molecule has 0 aromatic heterocycles. The zero-order valence-electron chi connectivity index (χ0n) is 16.5. The second kappa shape index (κ2) is 9.72. The number of rotatable bonds is 8. The van der Waals surface area contributed by atoms with Crippen LogP contribution in [0.2, 0.25) is 5.02 Å². The van der Waals surface area contributed by atoms with Gasteiger partial charge in [-0.3, -0.25) is 9.10 Å². The van der Waals surface area contributed by atoms with E-state index >= 15 is 0 Å². The van der Waals surface area contributed by atoms with Crippen LogP contribution in [0.5, 0.6) is 5.75 Å². The zero-order chi connectivity index (χ0) is 21.7. The zero-order valence-corrected chi connectivity index (χ0v) is 18.9. The predicted molar refractivity (Wildman–Crippen MR) is 122 cm³/mol. The fourth-order valence-corrected chi connectivity index (χ4v) is 4.38. The van der Waals surface area contributed by atoms with Crippen molar-refractivity contribution in [3.63, 3.8) is 0 Å². The molecule has 0 unspecified atom stereocenters. The second-order valence-electron chi connectivity index (χ2n) is 6.80. The highest BCUT2D eigenvalue weighted by Gasteiger charge is 2.23. The fraction of sp³-hybridized carbons (Fsp3) is 0.300. The summed E-state index contributed by atoms with van der Waals surface area (Å²) in [6, 6.07) is 12.3. The highest BCUT2D eigenvalue weighted by molar-refractivity contribution is 8.00. The van der Waals surface area contributed by atoms with Gasteiger partial charge in [0.1, 0.15) is 18.4 Å². The largest absolute Gasteiger partial charge is 0.489 e. The minimum Gasteiger partial charge on any atom is -0.489 e. The Morgan fingerprint density at radius 1 is 1.33 bits per heavy atom. The third-order valence-corrected chi connectivity index (χ3v) is 7.12. The van der Waals surface area contributed by atoms with Gasteiger partial charge in [0.25, 0.3) is 5.91 Å². The molecule has 0 bridgehead atoms. The Balaban J connectivity index is 1.64. The van der Waals surface area contributed by atoms with Crippen molar-refractivity contribution in [3.8, 4) is 5.75 Å². The molecule has 1 aliphatic heterocycles. The summed E-state index contributed by atoms with van der Waals surface area (Å²) in [6.07, 6.45) is 2.75. The molecule has 1 aliphatic rings. The van der Waals surface area contributed by atoms with Crippen molar-refractivity contribution in [3.05, 3.63) is 58.6 Å². The molecule has 1 fully saturated rings. The summed E-state index contributed by atoms with van der Waals surface area (Å²) >= 11 is 7.94. The standard InChI is InChI=1S/C20H22ClN3O4S2/c1-14-18(21)7-4-8-19(14)24(30(2,26)27)11-20(25)23-22-10-15-5-3-6-16(9-15)28-17-12-29-13-17/h3-10,17H,11-13H2,1-2H3,(H,23,25)/b22-10-. The maximum atomic E-state index is 12.3. The van der Waals surface area contributed by atoms with E-state index in [2.05, 4.69) is 10.5 Å². The van der Waals surface area contributed by atoms with Crippen LogP contribution in [0.25, 0.3) is 0 Å². The van der Waals surface area contributed by atoms with E-state index in [0.29, 0.717) is 16.3 Å². The lowest BCUT2D eigenvalue weighted by Gasteiger charge is -2.25. The molecule has 1 saturated heterocycles. The van der Waals surface area contributed by atoms with E-state index < -0.39 is 22.5 Å². The summed E-state index contributed by atoms with van der Waals surface area (Å²) in [5.41, 5.74) is 4.04.